The molecule has 7 nitrogen and oxygen atoms in total. The van der Waals surface area contributed by atoms with Gasteiger partial charge >= 0.3 is 5.69 Å². The number of fused-ring (bicyclic) bond motifs is 1. The fourth-order valence-corrected chi connectivity index (χ4v) is 3.57. The highest BCUT2D eigenvalue weighted by molar-refractivity contribution is 5.76. The molecule has 0 unspecified atom stereocenters. The Kier molecular flexibility index (Phi) is 5.55. The van der Waals surface area contributed by atoms with Crippen molar-refractivity contribution in [3.8, 4) is 6.07 Å². The van der Waals surface area contributed by atoms with E-state index in [4.69, 9.17) is 0 Å². The zero-order valence-corrected chi connectivity index (χ0v) is 15.3. The Hall–Kier alpha value is -3.14. The van der Waals surface area contributed by atoms with Crippen LogP contribution in [-0.4, -0.2) is 15.0 Å². The van der Waals surface area contributed by atoms with E-state index in [1.165, 1.54) is 4.57 Å². The maximum Gasteiger partial charge on any atom is 0.331 e. The minimum absolute atomic E-state index is 0.0342. The van der Waals surface area contributed by atoms with E-state index in [0.717, 1.165) is 23.0 Å². The predicted octanol–water partition coefficient (Wildman–Crippen LogP) is 1.49. The molecule has 0 fully saturated rings. The van der Waals surface area contributed by atoms with E-state index in [9.17, 15) is 19.6 Å². The van der Waals surface area contributed by atoms with Crippen LogP contribution in [0.15, 0.2) is 39.9 Å². The number of nitrogens with one attached hydrogen (secondary N) is 1. The monoisotopic (exact) mass is 366 g/mol. The van der Waals surface area contributed by atoms with Gasteiger partial charge in [0.05, 0.1) is 6.04 Å². The lowest BCUT2D eigenvalue weighted by atomic mass is 10.0. The van der Waals surface area contributed by atoms with Crippen molar-refractivity contribution in [2.24, 2.45) is 0 Å². The Bertz CT molecular complexity index is 999. The van der Waals surface area contributed by atoms with Gasteiger partial charge in [-0.3, -0.25) is 14.2 Å². The van der Waals surface area contributed by atoms with Crippen molar-refractivity contribution in [1.82, 2.24) is 14.5 Å². The lowest BCUT2D eigenvalue weighted by molar-refractivity contribution is -0.122. The van der Waals surface area contributed by atoms with Gasteiger partial charge in [-0.1, -0.05) is 43.7 Å². The molecule has 1 aromatic heterocycles. The van der Waals surface area contributed by atoms with Crippen LogP contribution in [0.2, 0.25) is 0 Å². The number of rotatable bonds is 6. The number of nitrogens with zero attached hydrogens (tertiary/aromatic N) is 3. The summed E-state index contributed by atoms with van der Waals surface area (Å²) in [5.74, 6) is -0.418. The fourth-order valence-electron chi connectivity index (χ4n) is 3.57. The molecular formula is C20H22N4O3. The van der Waals surface area contributed by atoms with Crippen LogP contribution >= 0.6 is 0 Å². The minimum Gasteiger partial charge on any atom is -0.348 e. The van der Waals surface area contributed by atoms with Crippen molar-refractivity contribution in [2.75, 3.05) is 0 Å². The van der Waals surface area contributed by atoms with Gasteiger partial charge < -0.3 is 5.32 Å². The van der Waals surface area contributed by atoms with Gasteiger partial charge in [-0.25, -0.2) is 9.36 Å². The largest absolute Gasteiger partial charge is 0.348 e. The molecule has 1 aliphatic heterocycles. The Morgan fingerprint density at radius 3 is 2.70 bits per heavy atom. The summed E-state index contributed by atoms with van der Waals surface area (Å²) in [4.78, 5) is 37.7. The smallest absolute Gasteiger partial charge is 0.331 e. The molecule has 7 heteroatoms. The third-order valence-corrected chi connectivity index (χ3v) is 4.86. The normalized spacial score (nSPS) is 13.6. The molecule has 27 heavy (non-hydrogen) atoms. The number of carbonyl (C=O) groups is 1. The first kappa shape index (κ1) is 18.6. The second kappa shape index (κ2) is 8.04. The van der Waals surface area contributed by atoms with Crippen LogP contribution in [0.25, 0.3) is 0 Å². The second-order valence-electron chi connectivity index (χ2n) is 6.68. The molecule has 0 bridgehead atoms. The second-order valence-corrected chi connectivity index (χ2v) is 6.68. The summed E-state index contributed by atoms with van der Waals surface area (Å²) in [6.07, 6.45) is 2.87. The van der Waals surface area contributed by atoms with Gasteiger partial charge in [0.1, 0.15) is 18.2 Å². The first-order valence-corrected chi connectivity index (χ1v) is 9.17. The molecule has 3 rings (SSSR count). The van der Waals surface area contributed by atoms with Gasteiger partial charge in [0.2, 0.25) is 5.91 Å². The SMILES string of the molecule is CCC[C@H](NC(=O)Cn1c(=O)c(C#N)c2n(c1=O)CCC2)c1ccccc1. The van der Waals surface area contributed by atoms with Crippen LogP contribution in [0.5, 0.6) is 0 Å². The van der Waals surface area contributed by atoms with Crippen molar-refractivity contribution in [3.63, 3.8) is 0 Å². The molecule has 2 heterocycles. The Morgan fingerprint density at radius 1 is 1.30 bits per heavy atom. The van der Waals surface area contributed by atoms with E-state index < -0.39 is 17.2 Å². The molecule has 0 saturated carbocycles. The highest BCUT2D eigenvalue weighted by atomic mass is 16.2. The van der Waals surface area contributed by atoms with Gasteiger partial charge in [-0.05, 0) is 24.8 Å². The van der Waals surface area contributed by atoms with Crippen molar-refractivity contribution in [1.29, 1.82) is 5.26 Å². The van der Waals surface area contributed by atoms with E-state index in [1.807, 2.05) is 43.3 Å². The average molecular weight is 366 g/mol. The Morgan fingerprint density at radius 2 is 2.04 bits per heavy atom. The third-order valence-electron chi connectivity index (χ3n) is 4.86. The molecule has 1 aromatic carbocycles. The van der Waals surface area contributed by atoms with Crippen LogP contribution in [0.3, 0.4) is 0 Å². The zero-order valence-electron chi connectivity index (χ0n) is 15.3. The van der Waals surface area contributed by atoms with Crippen LogP contribution in [0, 0.1) is 11.3 Å². The number of hydrogen-bond donors (Lipinski definition) is 1. The van der Waals surface area contributed by atoms with Gasteiger partial charge in [-0.15, -0.1) is 0 Å². The Balaban J connectivity index is 1.87. The molecule has 1 atom stereocenters. The quantitative estimate of drug-likeness (QED) is 0.837. The minimum atomic E-state index is -0.683. The molecular weight excluding hydrogens is 344 g/mol. The third kappa shape index (κ3) is 3.70. The topological polar surface area (TPSA) is 96.9 Å². The average Bonchev–Trinajstić information content (AvgIpc) is 3.16. The number of hydrogen-bond acceptors (Lipinski definition) is 4. The first-order chi connectivity index (χ1) is 13.1. The van der Waals surface area contributed by atoms with E-state index >= 15 is 0 Å². The Labute approximate surface area is 156 Å². The lowest BCUT2D eigenvalue weighted by Crippen LogP contribution is -2.45. The molecule has 1 aliphatic rings. The maximum absolute atomic E-state index is 12.6. The van der Waals surface area contributed by atoms with Gasteiger partial charge in [0.25, 0.3) is 5.56 Å². The van der Waals surface area contributed by atoms with Crippen LogP contribution < -0.4 is 16.6 Å². The number of carbonyl (C=O) groups excluding carboxylic acids is 1. The summed E-state index contributed by atoms with van der Waals surface area (Å²) in [7, 11) is 0. The molecule has 0 spiro atoms. The number of nitriles is 1. The van der Waals surface area contributed by atoms with Crippen molar-refractivity contribution >= 4 is 5.91 Å². The molecule has 0 saturated heterocycles. The number of benzene rings is 1. The summed E-state index contributed by atoms with van der Waals surface area (Å²) in [5.41, 5.74) is 0.222. The summed E-state index contributed by atoms with van der Waals surface area (Å²) in [5, 5.41) is 12.2. The number of amides is 1. The summed E-state index contributed by atoms with van der Waals surface area (Å²) < 4.78 is 2.31. The highest BCUT2D eigenvalue weighted by Gasteiger charge is 2.24. The molecule has 140 valence electrons. The summed E-state index contributed by atoms with van der Waals surface area (Å²) >= 11 is 0. The fraction of sp³-hybridized carbons (Fsp3) is 0.400. The molecule has 0 radical (unpaired) electrons. The van der Waals surface area contributed by atoms with E-state index in [0.29, 0.717) is 25.1 Å². The standard InChI is InChI=1S/C20H22N4O3/c1-2-7-16(14-8-4-3-5-9-14)22-18(25)13-24-19(26)15(12-21)17-10-6-11-23(17)20(24)27/h3-5,8-9,16H,2,6-7,10-11,13H2,1H3,(H,22,25)/t16-/m0/s1. The first-order valence-electron chi connectivity index (χ1n) is 9.17. The van der Waals surface area contributed by atoms with Crippen molar-refractivity contribution < 1.29 is 4.79 Å². The van der Waals surface area contributed by atoms with Crippen molar-refractivity contribution in [3.05, 3.63) is 68.0 Å². The van der Waals surface area contributed by atoms with E-state index in [2.05, 4.69) is 5.32 Å². The maximum atomic E-state index is 12.6. The van der Waals surface area contributed by atoms with Crippen LogP contribution in [-0.2, 0) is 24.3 Å². The van der Waals surface area contributed by atoms with Gasteiger partial charge in [0, 0.05) is 12.2 Å². The van der Waals surface area contributed by atoms with Crippen LogP contribution in [0.1, 0.15) is 49.0 Å². The van der Waals surface area contributed by atoms with Gasteiger partial charge in [0.15, 0.2) is 0 Å². The molecule has 1 N–H and O–H groups in total. The molecule has 1 amide bonds. The lowest BCUT2D eigenvalue weighted by Gasteiger charge is -2.19. The van der Waals surface area contributed by atoms with Gasteiger partial charge in [-0.2, -0.15) is 5.26 Å². The zero-order chi connectivity index (χ0) is 19.4. The number of aromatic nitrogens is 2. The van der Waals surface area contributed by atoms with E-state index in [1.54, 1.807) is 0 Å². The van der Waals surface area contributed by atoms with E-state index in [-0.39, 0.29) is 18.2 Å². The summed E-state index contributed by atoms with van der Waals surface area (Å²) in [6, 6.07) is 11.3. The van der Waals surface area contributed by atoms with Crippen molar-refractivity contribution in [2.45, 2.75) is 51.7 Å². The molecule has 2 aromatic rings. The molecule has 0 aliphatic carbocycles. The predicted molar refractivity (Wildman–Crippen MR) is 100 cm³/mol. The highest BCUT2D eigenvalue weighted by Crippen LogP contribution is 2.18. The van der Waals surface area contributed by atoms with Crippen LogP contribution in [0.4, 0.5) is 0 Å². The summed E-state index contributed by atoms with van der Waals surface area (Å²) in [6.45, 7) is 2.10.